The molecule has 2 aromatic rings. The number of nitriles is 1. The molecule has 0 saturated carbocycles. The van der Waals surface area contributed by atoms with Crippen LogP contribution in [0, 0.1) is 11.3 Å². The number of nitrogens with one attached hydrogen (secondary N) is 1. The molecular formula is C11H9N3O. The fourth-order valence-corrected chi connectivity index (χ4v) is 1.24. The average molecular weight is 199 g/mol. The zero-order valence-electron chi connectivity index (χ0n) is 7.97. The SMILES string of the molecule is N#CCOc1cc(-c2ccccc2)n[nH]1. The predicted molar refractivity (Wildman–Crippen MR) is 55.1 cm³/mol. The highest BCUT2D eigenvalue weighted by atomic mass is 16.5. The minimum absolute atomic E-state index is 0.0242. The average Bonchev–Trinajstić information content (AvgIpc) is 2.76. The molecule has 0 bridgehead atoms. The predicted octanol–water partition coefficient (Wildman–Crippen LogP) is 1.98. The van der Waals surface area contributed by atoms with Crippen molar-refractivity contribution in [2.24, 2.45) is 0 Å². The lowest BCUT2D eigenvalue weighted by molar-refractivity contribution is 0.353. The summed E-state index contributed by atoms with van der Waals surface area (Å²) in [6, 6.07) is 13.4. The second-order valence-corrected chi connectivity index (χ2v) is 2.93. The van der Waals surface area contributed by atoms with E-state index in [1.165, 1.54) is 0 Å². The number of H-pyrrole nitrogens is 1. The number of aromatic nitrogens is 2. The zero-order valence-corrected chi connectivity index (χ0v) is 7.97. The molecule has 0 unspecified atom stereocenters. The van der Waals surface area contributed by atoms with Crippen molar-refractivity contribution < 1.29 is 4.74 Å². The summed E-state index contributed by atoms with van der Waals surface area (Å²) in [4.78, 5) is 0. The molecular weight excluding hydrogens is 190 g/mol. The van der Waals surface area contributed by atoms with Crippen molar-refractivity contribution in [3.63, 3.8) is 0 Å². The molecule has 0 radical (unpaired) electrons. The standard InChI is InChI=1S/C11H9N3O/c12-6-7-15-11-8-10(13-14-11)9-4-2-1-3-5-9/h1-5,8H,7H2,(H,13,14). The number of rotatable bonds is 3. The molecule has 2 rings (SSSR count). The number of aromatic amines is 1. The van der Waals surface area contributed by atoms with Crippen molar-refractivity contribution in [2.45, 2.75) is 0 Å². The third-order valence-corrected chi connectivity index (χ3v) is 1.92. The van der Waals surface area contributed by atoms with E-state index >= 15 is 0 Å². The van der Waals surface area contributed by atoms with E-state index in [0.29, 0.717) is 5.88 Å². The summed E-state index contributed by atoms with van der Waals surface area (Å²) >= 11 is 0. The molecule has 4 nitrogen and oxygen atoms in total. The van der Waals surface area contributed by atoms with E-state index in [2.05, 4.69) is 10.2 Å². The van der Waals surface area contributed by atoms with Gasteiger partial charge in [-0.3, -0.25) is 0 Å². The second kappa shape index (κ2) is 4.29. The Labute approximate surface area is 87.1 Å². The molecule has 1 aromatic carbocycles. The van der Waals surface area contributed by atoms with Gasteiger partial charge in [-0.15, -0.1) is 0 Å². The monoisotopic (exact) mass is 199 g/mol. The van der Waals surface area contributed by atoms with Crippen LogP contribution >= 0.6 is 0 Å². The van der Waals surface area contributed by atoms with Crippen molar-refractivity contribution in [2.75, 3.05) is 6.61 Å². The lowest BCUT2D eigenvalue weighted by Gasteiger charge is -1.93. The highest BCUT2D eigenvalue weighted by molar-refractivity contribution is 5.59. The van der Waals surface area contributed by atoms with Crippen LogP contribution in [0.1, 0.15) is 0 Å². The Bertz CT molecular complexity index is 470. The smallest absolute Gasteiger partial charge is 0.210 e. The van der Waals surface area contributed by atoms with Crippen molar-refractivity contribution in [3.8, 4) is 23.2 Å². The van der Waals surface area contributed by atoms with Crippen molar-refractivity contribution in [3.05, 3.63) is 36.4 Å². The lowest BCUT2D eigenvalue weighted by Crippen LogP contribution is -1.92. The van der Waals surface area contributed by atoms with Crippen LogP contribution in [0.15, 0.2) is 36.4 Å². The first-order valence-electron chi connectivity index (χ1n) is 4.51. The van der Waals surface area contributed by atoms with Gasteiger partial charge in [-0.2, -0.15) is 10.4 Å². The highest BCUT2D eigenvalue weighted by Crippen LogP contribution is 2.19. The number of benzene rings is 1. The van der Waals surface area contributed by atoms with E-state index in [1.807, 2.05) is 36.4 Å². The number of nitrogens with zero attached hydrogens (tertiary/aromatic N) is 2. The van der Waals surface area contributed by atoms with Crippen LogP contribution < -0.4 is 4.74 Å². The van der Waals surface area contributed by atoms with E-state index < -0.39 is 0 Å². The van der Waals surface area contributed by atoms with Crippen LogP contribution in [0.25, 0.3) is 11.3 Å². The molecule has 1 N–H and O–H groups in total. The molecule has 15 heavy (non-hydrogen) atoms. The molecule has 0 aliphatic carbocycles. The molecule has 1 aromatic heterocycles. The Morgan fingerprint density at radius 1 is 1.33 bits per heavy atom. The molecule has 0 aliphatic heterocycles. The molecule has 4 heteroatoms. The number of hydrogen-bond acceptors (Lipinski definition) is 3. The molecule has 1 heterocycles. The molecule has 0 aliphatic rings. The molecule has 0 fully saturated rings. The summed E-state index contributed by atoms with van der Waals surface area (Å²) in [5.41, 5.74) is 1.82. The minimum Gasteiger partial charge on any atom is -0.463 e. The van der Waals surface area contributed by atoms with Gasteiger partial charge in [-0.25, -0.2) is 5.10 Å². The molecule has 0 saturated heterocycles. The third-order valence-electron chi connectivity index (χ3n) is 1.92. The summed E-state index contributed by atoms with van der Waals surface area (Å²) in [6.45, 7) is 0.0242. The summed E-state index contributed by atoms with van der Waals surface area (Å²) in [7, 11) is 0. The van der Waals surface area contributed by atoms with Gasteiger partial charge in [0.1, 0.15) is 6.07 Å². The van der Waals surface area contributed by atoms with E-state index in [0.717, 1.165) is 11.3 Å². The summed E-state index contributed by atoms with van der Waals surface area (Å²) in [5.74, 6) is 0.510. The molecule has 0 amide bonds. The van der Waals surface area contributed by atoms with E-state index in [9.17, 15) is 0 Å². The first-order valence-corrected chi connectivity index (χ1v) is 4.51. The maximum Gasteiger partial charge on any atom is 0.210 e. The Morgan fingerprint density at radius 2 is 2.13 bits per heavy atom. The van der Waals surface area contributed by atoms with Crippen LogP contribution in [-0.4, -0.2) is 16.8 Å². The minimum atomic E-state index is 0.0242. The summed E-state index contributed by atoms with van der Waals surface area (Å²) < 4.78 is 5.08. The van der Waals surface area contributed by atoms with Gasteiger partial charge < -0.3 is 4.74 Å². The maximum absolute atomic E-state index is 8.34. The fourth-order valence-electron chi connectivity index (χ4n) is 1.24. The first kappa shape index (κ1) is 9.28. The Hall–Kier alpha value is -2.28. The number of hydrogen-bond donors (Lipinski definition) is 1. The second-order valence-electron chi connectivity index (χ2n) is 2.93. The molecule has 74 valence electrons. The lowest BCUT2D eigenvalue weighted by atomic mass is 10.2. The van der Waals surface area contributed by atoms with Gasteiger partial charge in [-0.1, -0.05) is 30.3 Å². The fraction of sp³-hybridized carbons (Fsp3) is 0.0909. The maximum atomic E-state index is 8.34. The third kappa shape index (κ3) is 2.15. The van der Waals surface area contributed by atoms with Crippen LogP contribution in [-0.2, 0) is 0 Å². The molecule has 0 spiro atoms. The van der Waals surface area contributed by atoms with Crippen molar-refractivity contribution in [1.82, 2.24) is 10.2 Å². The van der Waals surface area contributed by atoms with Crippen molar-refractivity contribution in [1.29, 1.82) is 5.26 Å². The quantitative estimate of drug-likeness (QED) is 0.822. The van der Waals surface area contributed by atoms with Gasteiger partial charge in [0.2, 0.25) is 5.88 Å². The Balaban J connectivity index is 2.18. The van der Waals surface area contributed by atoms with E-state index in [-0.39, 0.29) is 6.61 Å². The van der Waals surface area contributed by atoms with E-state index in [4.69, 9.17) is 10.00 Å². The van der Waals surface area contributed by atoms with Crippen LogP contribution in [0.5, 0.6) is 5.88 Å². The van der Waals surface area contributed by atoms with Crippen LogP contribution in [0.3, 0.4) is 0 Å². The van der Waals surface area contributed by atoms with Gasteiger partial charge in [-0.05, 0) is 0 Å². The van der Waals surface area contributed by atoms with Gasteiger partial charge in [0.15, 0.2) is 6.61 Å². The van der Waals surface area contributed by atoms with Crippen molar-refractivity contribution >= 4 is 0 Å². The first-order chi connectivity index (χ1) is 7.40. The van der Waals surface area contributed by atoms with Gasteiger partial charge >= 0.3 is 0 Å². The Kier molecular flexibility index (Phi) is 2.65. The van der Waals surface area contributed by atoms with Crippen LogP contribution in [0.4, 0.5) is 0 Å². The molecule has 0 atom stereocenters. The van der Waals surface area contributed by atoms with Crippen LogP contribution in [0.2, 0.25) is 0 Å². The summed E-state index contributed by atoms with van der Waals surface area (Å²) in [6.07, 6.45) is 0. The summed E-state index contributed by atoms with van der Waals surface area (Å²) in [5, 5.41) is 15.1. The van der Waals surface area contributed by atoms with Gasteiger partial charge in [0, 0.05) is 11.6 Å². The number of ether oxygens (including phenoxy) is 1. The topological polar surface area (TPSA) is 61.7 Å². The zero-order chi connectivity index (χ0) is 10.5. The van der Waals surface area contributed by atoms with E-state index in [1.54, 1.807) is 6.07 Å². The highest BCUT2D eigenvalue weighted by Gasteiger charge is 2.03. The largest absolute Gasteiger partial charge is 0.463 e. The van der Waals surface area contributed by atoms with Gasteiger partial charge in [0.05, 0.1) is 5.69 Å². The van der Waals surface area contributed by atoms with Gasteiger partial charge in [0.25, 0.3) is 0 Å². The normalized spacial score (nSPS) is 9.53. The Morgan fingerprint density at radius 3 is 2.87 bits per heavy atom.